The van der Waals surface area contributed by atoms with E-state index >= 15 is 0 Å². The van der Waals surface area contributed by atoms with Crippen molar-refractivity contribution < 1.29 is 4.79 Å². The van der Waals surface area contributed by atoms with E-state index in [1.165, 1.54) is 11.5 Å². The number of hydrogen-bond donors (Lipinski definition) is 1. The zero-order valence-electron chi connectivity index (χ0n) is 6.49. The summed E-state index contributed by atoms with van der Waals surface area (Å²) in [5, 5.41) is 8.73. The van der Waals surface area contributed by atoms with Crippen LogP contribution in [-0.4, -0.2) is 21.5 Å². The van der Waals surface area contributed by atoms with E-state index in [2.05, 4.69) is 14.9 Å². The van der Waals surface area contributed by atoms with Gasteiger partial charge in [-0.3, -0.25) is 4.79 Å². The Kier molecular flexibility index (Phi) is 2.03. The molecular formula is C7H9N3OS. The molecule has 2 rings (SSSR count). The average molecular weight is 183 g/mol. The van der Waals surface area contributed by atoms with Gasteiger partial charge >= 0.3 is 0 Å². The fraction of sp³-hybridized carbons (Fsp3) is 0.571. The second-order valence-electron chi connectivity index (χ2n) is 2.90. The van der Waals surface area contributed by atoms with Crippen LogP contribution >= 0.6 is 11.5 Å². The number of nitrogens with one attached hydrogen (secondary N) is 1. The summed E-state index contributed by atoms with van der Waals surface area (Å²) in [5.41, 5.74) is 0.979. The molecule has 4 nitrogen and oxygen atoms in total. The lowest BCUT2D eigenvalue weighted by Gasteiger charge is -2.05. The summed E-state index contributed by atoms with van der Waals surface area (Å²) in [6, 6.07) is 0.279. The predicted molar refractivity (Wildman–Crippen MR) is 44.8 cm³/mol. The Morgan fingerprint density at radius 2 is 2.67 bits per heavy atom. The van der Waals surface area contributed by atoms with Gasteiger partial charge in [-0.25, -0.2) is 0 Å². The van der Waals surface area contributed by atoms with Crippen LogP contribution in [0.4, 0.5) is 0 Å². The van der Waals surface area contributed by atoms with Gasteiger partial charge in [-0.1, -0.05) is 4.49 Å². The Morgan fingerprint density at radius 1 is 1.75 bits per heavy atom. The quantitative estimate of drug-likeness (QED) is 0.720. The summed E-state index contributed by atoms with van der Waals surface area (Å²) in [7, 11) is 0. The molecule has 0 bridgehead atoms. The molecule has 1 saturated heterocycles. The van der Waals surface area contributed by atoms with Gasteiger partial charge in [-0.05, 0) is 18.0 Å². The first-order chi connectivity index (χ1) is 5.84. The van der Waals surface area contributed by atoms with E-state index in [0.29, 0.717) is 6.42 Å². The fourth-order valence-corrected chi connectivity index (χ4v) is 1.82. The molecule has 1 amide bonds. The van der Waals surface area contributed by atoms with Crippen molar-refractivity contribution in [2.24, 2.45) is 0 Å². The highest BCUT2D eigenvalue weighted by Crippen LogP contribution is 2.11. The summed E-state index contributed by atoms with van der Waals surface area (Å²) < 4.78 is 3.76. The molecule has 12 heavy (non-hydrogen) atoms. The molecule has 1 fully saturated rings. The standard InChI is InChI=1S/C7H9N3OS/c11-7-2-1-5(8-7)3-6-4-12-10-9-6/h4-5H,1-3H2,(H,8,11). The van der Waals surface area contributed by atoms with Gasteiger partial charge in [0, 0.05) is 24.3 Å². The highest BCUT2D eigenvalue weighted by molar-refractivity contribution is 7.03. The van der Waals surface area contributed by atoms with E-state index < -0.39 is 0 Å². The minimum Gasteiger partial charge on any atom is -0.353 e. The largest absolute Gasteiger partial charge is 0.353 e. The molecular weight excluding hydrogens is 174 g/mol. The predicted octanol–water partition coefficient (Wildman–Crippen LogP) is 0.359. The molecule has 1 aromatic rings. The van der Waals surface area contributed by atoms with E-state index in [9.17, 15) is 4.79 Å². The number of carbonyl (C=O) groups is 1. The van der Waals surface area contributed by atoms with Crippen LogP contribution in [0.3, 0.4) is 0 Å². The summed E-state index contributed by atoms with van der Waals surface area (Å²) in [5.74, 6) is 0.156. The molecule has 0 aromatic carbocycles. The van der Waals surface area contributed by atoms with E-state index in [0.717, 1.165) is 18.5 Å². The lowest BCUT2D eigenvalue weighted by Crippen LogP contribution is -2.27. The van der Waals surface area contributed by atoms with E-state index in [1.807, 2.05) is 5.38 Å². The van der Waals surface area contributed by atoms with Crippen LogP contribution in [0.2, 0.25) is 0 Å². The van der Waals surface area contributed by atoms with Gasteiger partial charge in [0.15, 0.2) is 0 Å². The second kappa shape index (κ2) is 3.18. The van der Waals surface area contributed by atoms with E-state index in [-0.39, 0.29) is 11.9 Å². The first kappa shape index (κ1) is 7.67. The number of rotatable bonds is 2. The number of nitrogens with zero attached hydrogens (tertiary/aromatic N) is 2. The minimum atomic E-state index is 0.156. The molecule has 64 valence electrons. The molecule has 1 N–H and O–H groups in total. The Balaban J connectivity index is 1.92. The maximum atomic E-state index is 10.8. The second-order valence-corrected chi connectivity index (χ2v) is 3.51. The summed E-state index contributed by atoms with van der Waals surface area (Å²) in [6.45, 7) is 0. The van der Waals surface area contributed by atoms with Crippen LogP contribution in [0.1, 0.15) is 18.5 Å². The molecule has 1 aromatic heterocycles. The third kappa shape index (κ3) is 1.61. The van der Waals surface area contributed by atoms with Gasteiger partial charge in [-0.15, -0.1) is 5.10 Å². The molecule has 0 spiro atoms. The first-order valence-electron chi connectivity index (χ1n) is 3.90. The van der Waals surface area contributed by atoms with Gasteiger partial charge in [-0.2, -0.15) is 0 Å². The molecule has 0 aliphatic carbocycles. The molecule has 1 aliphatic heterocycles. The van der Waals surface area contributed by atoms with E-state index in [4.69, 9.17) is 0 Å². The van der Waals surface area contributed by atoms with E-state index in [1.54, 1.807) is 0 Å². The minimum absolute atomic E-state index is 0.156. The summed E-state index contributed by atoms with van der Waals surface area (Å²) >= 11 is 1.35. The molecule has 1 aliphatic rings. The monoisotopic (exact) mass is 183 g/mol. The van der Waals surface area contributed by atoms with Gasteiger partial charge in [0.2, 0.25) is 5.91 Å². The Bertz CT molecular complexity index is 272. The Morgan fingerprint density at radius 3 is 3.25 bits per heavy atom. The van der Waals surface area contributed by atoms with Crippen molar-refractivity contribution in [2.75, 3.05) is 0 Å². The lowest BCUT2D eigenvalue weighted by molar-refractivity contribution is -0.119. The number of hydrogen-bond acceptors (Lipinski definition) is 4. The normalized spacial score (nSPS) is 22.7. The molecule has 2 heterocycles. The first-order valence-corrected chi connectivity index (χ1v) is 4.73. The highest BCUT2D eigenvalue weighted by Gasteiger charge is 2.21. The van der Waals surface area contributed by atoms with Gasteiger partial charge in [0.1, 0.15) is 0 Å². The maximum Gasteiger partial charge on any atom is 0.220 e. The third-order valence-electron chi connectivity index (χ3n) is 1.95. The molecule has 5 heteroatoms. The maximum absolute atomic E-state index is 10.8. The Hall–Kier alpha value is -0.970. The number of aromatic nitrogens is 2. The van der Waals surface area contributed by atoms with Gasteiger partial charge in [0.25, 0.3) is 0 Å². The van der Waals surface area contributed by atoms with Crippen molar-refractivity contribution >= 4 is 17.4 Å². The van der Waals surface area contributed by atoms with Crippen LogP contribution in [-0.2, 0) is 11.2 Å². The average Bonchev–Trinajstić information content (AvgIpc) is 2.63. The van der Waals surface area contributed by atoms with Crippen LogP contribution < -0.4 is 5.32 Å². The molecule has 1 unspecified atom stereocenters. The van der Waals surface area contributed by atoms with Crippen molar-refractivity contribution in [3.63, 3.8) is 0 Å². The molecule has 1 atom stereocenters. The van der Waals surface area contributed by atoms with Crippen molar-refractivity contribution in [2.45, 2.75) is 25.3 Å². The summed E-state index contributed by atoms with van der Waals surface area (Å²) in [6.07, 6.45) is 2.40. The third-order valence-corrected chi connectivity index (χ3v) is 2.50. The van der Waals surface area contributed by atoms with Crippen LogP contribution in [0.5, 0.6) is 0 Å². The van der Waals surface area contributed by atoms with Crippen molar-refractivity contribution in [1.29, 1.82) is 0 Å². The van der Waals surface area contributed by atoms with Crippen molar-refractivity contribution in [3.8, 4) is 0 Å². The molecule has 0 radical (unpaired) electrons. The van der Waals surface area contributed by atoms with Crippen LogP contribution in [0, 0.1) is 0 Å². The lowest BCUT2D eigenvalue weighted by atomic mass is 10.1. The number of amides is 1. The highest BCUT2D eigenvalue weighted by atomic mass is 32.1. The van der Waals surface area contributed by atoms with Crippen LogP contribution in [0.25, 0.3) is 0 Å². The number of carbonyl (C=O) groups excluding carboxylic acids is 1. The topological polar surface area (TPSA) is 54.9 Å². The zero-order chi connectivity index (χ0) is 8.39. The molecule has 0 saturated carbocycles. The summed E-state index contributed by atoms with van der Waals surface area (Å²) in [4.78, 5) is 10.8. The Labute approximate surface area is 74.2 Å². The SMILES string of the molecule is O=C1CCC(Cc2csnn2)N1. The van der Waals surface area contributed by atoms with Crippen LogP contribution in [0.15, 0.2) is 5.38 Å². The fourth-order valence-electron chi connectivity index (χ4n) is 1.36. The smallest absolute Gasteiger partial charge is 0.220 e. The van der Waals surface area contributed by atoms with Crippen molar-refractivity contribution in [1.82, 2.24) is 14.9 Å². The van der Waals surface area contributed by atoms with Gasteiger partial charge in [0.05, 0.1) is 5.69 Å². The zero-order valence-corrected chi connectivity index (χ0v) is 7.30. The van der Waals surface area contributed by atoms with Gasteiger partial charge < -0.3 is 5.32 Å². The van der Waals surface area contributed by atoms with Crippen molar-refractivity contribution in [3.05, 3.63) is 11.1 Å².